The number of carbonyl (C=O) groups is 1. The second-order valence-electron chi connectivity index (χ2n) is 7.45. The quantitative estimate of drug-likeness (QED) is 0.440. The van der Waals surface area contributed by atoms with E-state index in [1.165, 1.54) is 0 Å². The van der Waals surface area contributed by atoms with Gasteiger partial charge in [-0.05, 0) is 61.4 Å². The SMILES string of the molecule is CCCC[C@H](CC)C(=O)Nc1ccc(-c2cccc(-c3ccc(OC)cc3)n2)cc1. The van der Waals surface area contributed by atoms with E-state index in [0.717, 1.165) is 59.6 Å². The number of carbonyl (C=O) groups excluding carboxylic acids is 1. The molecule has 0 aliphatic heterocycles. The Kier molecular flexibility index (Phi) is 7.61. The predicted molar refractivity (Wildman–Crippen MR) is 124 cm³/mol. The van der Waals surface area contributed by atoms with Crippen LogP contribution in [0.3, 0.4) is 0 Å². The summed E-state index contributed by atoms with van der Waals surface area (Å²) in [5.74, 6) is 1.01. The Hall–Kier alpha value is -3.14. The summed E-state index contributed by atoms with van der Waals surface area (Å²) in [6.07, 6.45) is 4.01. The van der Waals surface area contributed by atoms with E-state index in [0.29, 0.717) is 0 Å². The summed E-state index contributed by atoms with van der Waals surface area (Å²) >= 11 is 0. The monoisotopic (exact) mass is 402 g/mol. The van der Waals surface area contributed by atoms with Crippen molar-refractivity contribution in [1.82, 2.24) is 4.98 Å². The molecule has 3 aromatic rings. The van der Waals surface area contributed by atoms with Gasteiger partial charge in [-0.15, -0.1) is 0 Å². The van der Waals surface area contributed by atoms with Crippen LogP contribution < -0.4 is 10.1 Å². The third-order valence-corrected chi connectivity index (χ3v) is 5.35. The Morgan fingerprint density at radius 2 is 1.53 bits per heavy atom. The van der Waals surface area contributed by atoms with Crippen LogP contribution >= 0.6 is 0 Å². The average Bonchev–Trinajstić information content (AvgIpc) is 2.80. The summed E-state index contributed by atoms with van der Waals surface area (Å²) in [4.78, 5) is 17.3. The Morgan fingerprint density at radius 3 is 2.07 bits per heavy atom. The minimum atomic E-state index is 0.0764. The first-order chi connectivity index (χ1) is 14.6. The molecular weight excluding hydrogens is 372 g/mol. The topological polar surface area (TPSA) is 51.2 Å². The van der Waals surface area contributed by atoms with E-state index in [1.54, 1.807) is 7.11 Å². The highest BCUT2D eigenvalue weighted by Gasteiger charge is 2.15. The number of unbranched alkanes of at least 4 members (excludes halogenated alkanes) is 1. The standard InChI is InChI=1S/C26H30N2O2/c1-4-6-8-19(5-2)26(29)27-22-15-11-20(12-16-22)24-9-7-10-25(28-24)21-13-17-23(30-3)18-14-21/h7,9-19H,4-6,8H2,1-3H3,(H,27,29)/t19-/m0/s1. The van der Waals surface area contributed by atoms with Crippen molar-refractivity contribution in [2.75, 3.05) is 12.4 Å². The molecule has 30 heavy (non-hydrogen) atoms. The Morgan fingerprint density at radius 1 is 0.933 bits per heavy atom. The largest absolute Gasteiger partial charge is 0.497 e. The fraction of sp³-hybridized carbons (Fsp3) is 0.308. The molecule has 1 atom stereocenters. The van der Waals surface area contributed by atoms with Gasteiger partial charge >= 0.3 is 0 Å². The second-order valence-corrected chi connectivity index (χ2v) is 7.45. The maximum absolute atomic E-state index is 12.5. The third-order valence-electron chi connectivity index (χ3n) is 5.35. The first-order valence-corrected chi connectivity index (χ1v) is 10.7. The molecule has 3 rings (SSSR count). The zero-order valence-electron chi connectivity index (χ0n) is 18.0. The van der Waals surface area contributed by atoms with Gasteiger partial charge in [-0.3, -0.25) is 4.79 Å². The predicted octanol–water partition coefficient (Wildman–Crippen LogP) is 6.58. The van der Waals surface area contributed by atoms with Crippen molar-refractivity contribution in [2.45, 2.75) is 39.5 Å². The number of pyridine rings is 1. The molecular formula is C26H30N2O2. The van der Waals surface area contributed by atoms with Crippen LogP contribution in [-0.2, 0) is 4.79 Å². The number of methoxy groups -OCH3 is 1. The van der Waals surface area contributed by atoms with Gasteiger partial charge in [0.1, 0.15) is 5.75 Å². The van der Waals surface area contributed by atoms with Crippen LogP contribution in [-0.4, -0.2) is 18.0 Å². The van der Waals surface area contributed by atoms with E-state index in [2.05, 4.69) is 19.2 Å². The van der Waals surface area contributed by atoms with E-state index < -0.39 is 0 Å². The number of ether oxygens (including phenoxy) is 1. The van der Waals surface area contributed by atoms with Crippen molar-refractivity contribution in [3.63, 3.8) is 0 Å². The maximum atomic E-state index is 12.5. The van der Waals surface area contributed by atoms with Crippen molar-refractivity contribution < 1.29 is 9.53 Å². The lowest BCUT2D eigenvalue weighted by Gasteiger charge is -2.15. The molecule has 156 valence electrons. The van der Waals surface area contributed by atoms with Crippen molar-refractivity contribution >= 4 is 11.6 Å². The van der Waals surface area contributed by atoms with Gasteiger partial charge in [0.25, 0.3) is 0 Å². The number of rotatable bonds is 9. The molecule has 1 heterocycles. The number of benzene rings is 2. The minimum Gasteiger partial charge on any atom is -0.497 e. The number of amides is 1. The van der Waals surface area contributed by atoms with Crippen molar-refractivity contribution in [2.24, 2.45) is 5.92 Å². The molecule has 0 aliphatic rings. The molecule has 0 bridgehead atoms. The fourth-order valence-corrected chi connectivity index (χ4v) is 3.46. The highest BCUT2D eigenvalue weighted by Crippen LogP contribution is 2.25. The van der Waals surface area contributed by atoms with E-state index in [9.17, 15) is 4.79 Å². The van der Waals surface area contributed by atoms with Gasteiger partial charge in [0, 0.05) is 22.7 Å². The lowest BCUT2D eigenvalue weighted by molar-refractivity contribution is -0.120. The van der Waals surface area contributed by atoms with Gasteiger partial charge in [-0.1, -0.05) is 44.9 Å². The molecule has 2 aromatic carbocycles. The molecule has 0 aliphatic carbocycles. The number of nitrogens with one attached hydrogen (secondary N) is 1. The summed E-state index contributed by atoms with van der Waals surface area (Å²) in [6.45, 7) is 4.23. The Labute approximate surface area is 179 Å². The Balaban J connectivity index is 1.72. The highest BCUT2D eigenvalue weighted by molar-refractivity contribution is 5.92. The number of nitrogens with zero attached hydrogens (tertiary/aromatic N) is 1. The van der Waals surface area contributed by atoms with E-state index >= 15 is 0 Å². The molecule has 1 amide bonds. The highest BCUT2D eigenvalue weighted by atomic mass is 16.5. The molecule has 0 spiro atoms. The van der Waals surface area contributed by atoms with E-state index in [1.807, 2.05) is 66.7 Å². The minimum absolute atomic E-state index is 0.0764. The van der Waals surface area contributed by atoms with Crippen LogP contribution in [0.25, 0.3) is 22.5 Å². The lowest BCUT2D eigenvalue weighted by Crippen LogP contribution is -2.22. The molecule has 4 heteroatoms. The van der Waals surface area contributed by atoms with E-state index in [4.69, 9.17) is 9.72 Å². The molecule has 0 saturated carbocycles. The summed E-state index contributed by atoms with van der Waals surface area (Å²) in [7, 11) is 1.66. The van der Waals surface area contributed by atoms with Crippen LogP contribution in [0.4, 0.5) is 5.69 Å². The van der Waals surface area contributed by atoms with Crippen molar-refractivity contribution in [3.05, 3.63) is 66.7 Å². The van der Waals surface area contributed by atoms with Crippen LogP contribution in [0, 0.1) is 5.92 Å². The molecule has 0 unspecified atom stereocenters. The summed E-state index contributed by atoms with van der Waals surface area (Å²) in [5, 5.41) is 3.06. The fourth-order valence-electron chi connectivity index (χ4n) is 3.46. The lowest BCUT2D eigenvalue weighted by atomic mass is 9.98. The zero-order valence-corrected chi connectivity index (χ0v) is 18.0. The Bertz CT molecular complexity index is 950. The zero-order chi connectivity index (χ0) is 21.3. The molecule has 1 N–H and O–H groups in total. The number of aromatic nitrogens is 1. The first kappa shape index (κ1) is 21.6. The number of hydrogen-bond acceptors (Lipinski definition) is 3. The van der Waals surface area contributed by atoms with Crippen LogP contribution in [0.5, 0.6) is 5.75 Å². The summed E-state index contributed by atoms with van der Waals surface area (Å²) < 4.78 is 5.23. The van der Waals surface area contributed by atoms with Crippen LogP contribution in [0.1, 0.15) is 39.5 Å². The molecule has 4 nitrogen and oxygen atoms in total. The third kappa shape index (κ3) is 5.47. The first-order valence-electron chi connectivity index (χ1n) is 10.7. The second kappa shape index (κ2) is 10.6. The van der Waals surface area contributed by atoms with Gasteiger partial charge in [-0.2, -0.15) is 0 Å². The van der Waals surface area contributed by atoms with Gasteiger partial charge < -0.3 is 10.1 Å². The maximum Gasteiger partial charge on any atom is 0.227 e. The normalized spacial score (nSPS) is 11.7. The average molecular weight is 403 g/mol. The van der Waals surface area contributed by atoms with Gasteiger partial charge in [0.05, 0.1) is 18.5 Å². The molecule has 1 aromatic heterocycles. The van der Waals surface area contributed by atoms with Crippen LogP contribution in [0.2, 0.25) is 0 Å². The van der Waals surface area contributed by atoms with Gasteiger partial charge in [0.15, 0.2) is 0 Å². The van der Waals surface area contributed by atoms with Crippen molar-refractivity contribution in [1.29, 1.82) is 0 Å². The summed E-state index contributed by atoms with van der Waals surface area (Å²) in [5.41, 5.74) is 4.69. The molecule has 0 fully saturated rings. The van der Waals surface area contributed by atoms with Gasteiger partial charge in [0.2, 0.25) is 5.91 Å². The van der Waals surface area contributed by atoms with Crippen LogP contribution in [0.15, 0.2) is 66.7 Å². The van der Waals surface area contributed by atoms with E-state index in [-0.39, 0.29) is 11.8 Å². The smallest absolute Gasteiger partial charge is 0.227 e. The number of hydrogen-bond donors (Lipinski definition) is 1. The van der Waals surface area contributed by atoms with Crippen molar-refractivity contribution in [3.8, 4) is 28.3 Å². The molecule has 0 saturated heterocycles. The van der Waals surface area contributed by atoms with Gasteiger partial charge in [-0.25, -0.2) is 4.98 Å². The molecule has 0 radical (unpaired) electrons. The number of anilines is 1. The summed E-state index contributed by atoms with van der Waals surface area (Å²) in [6, 6.07) is 21.8.